The fraction of sp³-hybridized carbons (Fsp3) is 0.433. The summed E-state index contributed by atoms with van der Waals surface area (Å²) in [6, 6.07) is 12.6. The third-order valence-corrected chi connectivity index (χ3v) is 6.66. The Bertz CT molecular complexity index is 1280. The van der Waals surface area contributed by atoms with Gasteiger partial charge in [-0.3, -0.25) is 4.79 Å². The minimum atomic E-state index is -0.492. The molecule has 0 spiro atoms. The van der Waals surface area contributed by atoms with E-state index in [1.54, 1.807) is 18.2 Å². The molecule has 0 saturated heterocycles. The number of hydrogen-bond donors (Lipinski definition) is 3. The zero-order valence-corrected chi connectivity index (χ0v) is 24.5. The Morgan fingerprint density at radius 1 is 1.12 bits per heavy atom. The average Bonchev–Trinajstić information content (AvgIpc) is 3.37. The smallest absolute Gasteiger partial charge is 0.407 e. The molecule has 0 radical (unpaired) electrons. The molecule has 2 aromatic carbocycles. The van der Waals surface area contributed by atoms with Crippen LogP contribution in [0.15, 0.2) is 48.7 Å². The number of nitrogens with zero attached hydrogens (tertiary/aromatic N) is 2. The number of carbonyl (C=O) groups is 2. The number of aliphatic hydroxyl groups excluding tert-OH is 1. The lowest BCUT2D eigenvalue weighted by Crippen LogP contribution is -2.37. The second kappa shape index (κ2) is 14.7. The maximum atomic E-state index is 12.9. The maximum Gasteiger partial charge on any atom is 0.407 e. The Hall–Kier alpha value is -3.56. The number of rotatable bonds is 13. The SMILES string of the molecule is CC[C@@H](OC(=O)NC)c1nc(-c2ccc(C[C@@H](CCO)NC(=O)c3ccc(OC(C)C)c(Cl)c3)cc2)cn1CC. The number of aromatic nitrogens is 2. The van der Waals surface area contributed by atoms with Gasteiger partial charge < -0.3 is 29.8 Å². The summed E-state index contributed by atoms with van der Waals surface area (Å²) >= 11 is 6.31. The van der Waals surface area contributed by atoms with Crippen molar-refractivity contribution in [3.63, 3.8) is 0 Å². The zero-order valence-electron chi connectivity index (χ0n) is 23.7. The van der Waals surface area contributed by atoms with Crippen molar-refractivity contribution >= 4 is 23.6 Å². The van der Waals surface area contributed by atoms with Gasteiger partial charge in [-0.1, -0.05) is 42.8 Å². The van der Waals surface area contributed by atoms with Gasteiger partial charge in [-0.15, -0.1) is 0 Å². The Labute approximate surface area is 240 Å². The van der Waals surface area contributed by atoms with E-state index >= 15 is 0 Å². The summed E-state index contributed by atoms with van der Waals surface area (Å²) < 4.78 is 13.1. The second-order valence-corrected chi connectivity index (χ2v) is 10.1. The molecule has 216 valence electrons. The van der Waals surface area contributed by atoms with Crippen molar-refractivity contribution in [1.82, 2.24) is 20.2 Å². The van der Waals surface area contributed by atoms with Gasteiger partial charge in [0.2, 0.25) is 0 Å². The summed E-state index contributed by atoms with van der Waals surface area (Å²) in [6.45, 7) is 8.41. The van der Waals surface area contributed by atoms with Crippen LogP contribution in [0.2, 0.25) is 5.02 Å². The lowest BCUT2D eigenvalue weighted by molar-refractivity contribution is 0.0900. The monoisotopic (exact) mass is 570 g/mol. The fourth-order valence-electron chi connectivity index (χ4n) is 4.32. The highest BCUT2D eigenvalue weighted by atomic mass is 35.5. The fourth-order valence-corrected chi connectivity index (χ4v) is 4.55. The van der Waals surface area contributed by atoms with E-state index in [-0.39, 0.29) is 24.7 Å². The van der Waals surface area contributed by atoms with Gasteiger partial charge in [0.25, 0.3) is 5.91 Å². The van der Waals surface area contributed by atoms with Gasteiger partial charge in [0.05, 0.1) is 16.8 Å². The highest BCUT2D eigenvalue weighted by Gasteiger charge is 2.21. The number of ether oxygens (including phenoxy) is 2. The van der Waals surface area contributed by atoms with Crippen LogP contribution in [0.4, 0.5) is 4.79 Å². The number of nitrogens with one attached hydrogen (secondary N) is 2. The van der Waals surface area contributed by atoms with Gasteiger partial charge in [-0.25, -0.2) is 9.78 Å². The summed E-state index contributed by atoms with van der Waals surface area (Å²) in [5.41, 5.74) is 3.13. The summed E-state index contributed by atoms with van der Waals surface area (Å²) in [7, 11) is 1.53. The van der Waals surface area contributed by atoms with Crippen LogP contribution in [0.3, 0.4) is 0 Å². The van der Waals surface area contributed by atoms with E-state index in [9.17, 15) is 14.7 Å². The number of amides is 2. The van der Waals surface area contributed by atoms with Crippen LogP contribution >= 0.6 is 11.6 Å². The van der Waals surface area contributed by atoms with Crippen molar-refractivity contribution in [2.45, 2.75) is 71.8 Å². The molecule has 3 N–H and O–H groups in total. The number of halogens is 1. The summed E-state index contributed by atoms with van der Waals surface area (Å²) in [5, 5.41) is 15.5. The van der Waals surface area contributed by atoms with E-state index in [2.05, 4.69) is 10.6 Å². The molecule has 0 aliphatic heterocycles. The largest absolute Gasteiger partial charge is 0.489 e. The molecular formula is C30H39ClN4O5. The summed E-state index contributed by atoms with van der Waals surface area (Å²) in [4.78, 5) is 29.5. The number of imidazole rings is 1. The van der Waals surface area contributed by atoms with Crippen LogP contribution < -0.4 is 15.4 Å². The third kappa shape index (κ3) is 8.22. The number of benzene rings is 2. The molecule has 3 aromatic rings. The molecule has 0 saturated carbocycles. The average molecular weight is 571 g/mol. The highest BCUT2D eigenvalue weighted by molar-refractivity contribution is 6.32. The number of aliphatic hydroxyl groups is 1. The number of carbonyl (C=O) groups excluding carboxylic acids is 2. The van der Waals surface area contributed by atoms with Crippen LogP contribution in [0, 0.1) is 0 Å². The molecule has 2 atom stereocenters. The molecule has 10 heteroatoms. The van der Waals surface area contributed by atoms with Crippen molar-refractivity contribution in [2.75, 3.05) is 13.7 Å². The second-order valence-electron chi connectivity index (χ2n) is 9.72. The van der Waals surface area contributed by atoms with E-state index < -0.39 is 12.2 Å². The Morgan fingerprint density at radius 2 is 1.85 bits per heavy atom. The topological polar surface area (TPSA) is 115 Å². The zero-order chi connectivity index (χ0) is 29.2. The lowest BCUT2D eigenvalue weighted by Gasteiger charge is -2.19. The van der Waals surface area contributed by atoms with E-state index in [1.165, 1.54) is 7.05 Å². The minimum Gasteiger partial charge on any atom is -0.489 e. The highest BCUT2D eigenvalue weighted by Crippen LogP contribution is 2.28. The Kier molecular flexibility index (Phi) is 11.4. The standard InChI is InChI=1S/C30H39ClN4O5/c1-6-26(40-30(38)32-5)28-34-25(18-35(28)7-2)21-10-8-20(9-11-21)16-23(14-15-36)33-29(37)22-12-13-27(24(31)17-22)39-19(3)4/h8-13,17-19,23,26,36H,6-7,14-16H2,1-5H3,(H,32,38)(H,33,37)/t23-,26-/m1/s1. The normalized spacial score (nSPS) is 12.6. The van der Waals surface area contributed by atoms with Gasteiger partial charge in [0.1, 0.15) is 5.75 Å². The minimum absolute atomic E-state index is 0.0295. The third-order valence-electron chi connectivity index (χ3n) is 6.36. The predicted octanol–water partition coefficient (Wildman–Crippen LogP) is 5.54. The van der Waals surface area contributed by atoms with Crippen LogP contribution in [-0.2, 0) is 17.7 Å². The van der Waals surface area contributed by atoms with Crippen molar-refractivity contribution < 1.29 is 24.2 Å². The predicted molar refractivity (Wildman–Crippen MR) is 156 cm³/mol. The van der Waals surface area contributed by atoms with Crippen LogP contribution in [-0.4, -0.2) is 52.5 Å². The van der Waals surface area contributed by atoms with Crippen molar-refractivity contribution in [3.8, 4) is 17.0 Å². The van der Waals surface area contributed by atoms with Gasteiger partial charge in [0.15, 0.2) is 11.9 Å². The number of hydrogen-bond acceptors (Lipinski definition) is 6. The van der Waals surface area contributed by atoms with Gasteiger partial charge in [0, 0.05) is 43.6 Å². The van der Waals surface area contributed by atoms with Crippen LogP contribution in [0.5, 0.6) is 5.75 Å². The Balaban J connectivity index is 1.72. The molecule has 0 bridgehead atoms. The summed E-state index contributed by atoms with van der Waals surface area (Å²) in [6.07, 6.45) is 2.53. The first-order chi connectivity index (χ1) is 19.2. The first-order valence-corrected chi connectivity index (χ1v) is 14.0. The maximum absolute atomic E-state index is 12.9. The first kappa shape index (κ1) is 31.0. The number of aryl methyl sites for hydroxylation is 1. The van der Waals surface area contributed by atoms with E-state index in [1.807, 2.05) is 62.7 Å². The molecule has 9 nitrogen and oxygen atoms in total. The van der Waals surface area contributed by atoms with Crippen molar-refractivity contribution in [2.24, 2.45) is 0 Å². The molecule has 0 aliphatic rings. The van der Waals surface area contributed by atoms with Crippen molar-refractivity contribution in [1.29, 1.82) is 0 Å². The molecule has 40 heavy (non-hydrogen) atoms. The van der Waals surface area contributed by atoms with Crippen LogP contribution in [0.25, 0.3) is 11.3 Å². The van der Waals surface area contributed by atoms with Crippen LogP contribution in [0.1, 0.15) is 68.4 Å². The lowest BCUT2D eigenvalue weighted by atomic mass is 10.0. The van der Waals surface area contributed by atoms with Gasteiger partial charge >= 0.3 is 6.09 Å². The molecule has 2 amide bonds. The molecule has 0 fully saturated rings. The van der Waals surface area contributed by atoms with Gasteiger partial charge in [-0.2, -0.15) is 0 Å². The molecule has 1 aromatic heterocycles. The number of alkyl carbamates (subject to hydrolysis) is 1. The van der Waals surface area contributed by atoms with Crippen molar-refractivity contribution in [3.05, 3.63) is 70.6 Å². The van der Waals surface area contributed by atoms with E-state index in [4.69, 9.17) is 26.1 Å². The summed E-state index contributed by atoms with van der Waals surface area (Å²) in [5.74, 6) is 0.956. The quantitative estimate of drug-likeness (QED) is 0.248. The van der Waals surface area contributed by atoms with Gasteiger partial charge in [-0.05, 0) is 63.8 Å². The molecular weight excluding hydrogens is 532 g/mol. The molecule has 0 unspecified atom stereocenters. The molecule has 3 rings (SSSR count). The van der Waals surface area contributed by atoms with E-state index in [0.717, 1.165) is 16.8 Å². The molecule has 0 aliphatic carbocycles. The van der Waals surface area contributed by atoms with E-state index in [0.29, 0.717) is 48.0 Å². The Morgan fingerprint density at radius 3 is 2.42 bits per heavy atom. The molecule has 1 heterocycles. The first-order valence-electron chi connectivity index (χ1n) is 13.6.